The molecular formula is C25H19NS. The molecule has 0 radical (unpaired) electrons. The average molecular weight is 366 g/mol. The summed E-state index contributed by atoms with van der Waals surface area (Å²) in [6.45, 7) is 0. The molecule has 1 saturated carbocycles. The Morgan fingerprint density at radius 2 is 1.26 bits per heavy atom. The molecule has 1 aliphatic rings. The van der Waals surface area contributed by atoms with E-state index in [1.165, 1.54) is 24.8 Å². The van der Waals surface area contributed by atoms with Crippen LogP contribution in [0.3, 0.4) is 0 Å². The Morgan fingerprint density at radius 1 is 0.741 bits per heavy atom. The van der Waals surface area contributed by atoms with E-state index in [0.717, 1.165) is 33.9 Å². The van der Waals surface area contributed by atoms with E-state index in [-0.39, 0.29) is 0 Å². The maximum atomic E-state index is 4.63. The van der Waals surface area contributed by atoms with Crippen molar-refractivity contribution in [1.29, 1.82) is 0 Å². The van der Waals surface area contributed by atoms with Gasteiger partial charge in [-0.15, -0.1) is 0 Å². The molecule has 3 aromatic carbocycles. The molecule has 27 heavy (non-hydrogen) atoms. The lowest BCUT2D eigenvalue weighted by molar-refractivity contribution is 0.832. The lowest BCUT2D eigenvalue weighted by Gasteiger charge is -2.02. The van der Waals surface area contributed by atoms with E-state index in [4.69, 9.17) is 0 Å². The molecule has 0 amide bonds. The maximum absolute atomic E-state index is 4.63. The van der Waals surface area contributed by atoms with Crippen LogP contribution in [-0.4, -0.2) is 5.16 Å². The first kappa shape index (κ1) is 17.4. The summed E-state index contributed by atoms with van der Waals surface area (Å²) in [5.74, 6) is 7.43. The molecule has 1 aliphatic carbocycles. The Morgan fingerprint density at radius 3 is 1.78 bits per heavy atom. The summed E-state index contributed by atoms with van der Waals surface area (Å²) in [6.07, 6.45) is 4.00. The van der Waals surface area contributed by atoms with Gasteiger partial charge in [0.25, 0.3) is 0 Å². The Kier molecular flexibility index (Phi) is 5.26. The number of rotatable bonds is 4. The maximum Gasteiger partial charge on any atom is 0.0739 e. The summed E-state index contributed by atoms with van der Waals surface area (Å²) in [5.41, 5.74) is 6.62. The highest BCUT2D eigenvalue weighted by molar-refractivity contribution is 7.78. The predicted molar refractivity (Wildman–Crippen MR) is 115 cm³/mol. The van der Waals surface area contributed by atoms with Crippen LogP contribution in [0, 0.1) is 17.8 Å². The number of isothiocyanates is 1. The molecule has 0 unspecified atom stereocenters. The fourth-order valence-corrected chi connectivity index (χ4v) is 3.16. The first-order chi connectivity index (χ1) is 13.3. The van der Waals surface area contributed by atoms with Crippen LogP contribution in [0.15, 0.2) is 77.8 Å². The lowest BCUT2D eigenvalue weighted by atomic mass is 10.0. The van der Waals surface area contributed by atoms with Crippen LogP contribution >= 0.6 is 12.2 Å². The van der Waals surface area contributed by atoms with E-state index in [1.54, 1.807) is 0 Å². The smallest absolute Gasteiger partial charge is 0.0739 e. The quantitative estimate of drug-likeness (QED) is 0.294. The topological polar surface area (TPSA) is 12.4 Å². The van der Waals surface area contributed by atoms with Gasteiger partial charge in [0.15, 0.2) is 0 Å². The molecule has 0 atom stereocenters. The van der Waals surface area contributed by atoms with Crippen molar-refractivity contribution in [3.8, 4) is 23.0 Å². The second kappa shape index (κ2) is 8.14. The first-order valence-corrected chi connectivity index (χ1v) is 9.60. The normalized spacial score (nSPS) is 12.6. The SMILES string of the molecule is S=C=Nc1ccc(-c2ccc(C#Cc3ccc(CC4CC4)cc3)cc2)cc1. The number of hydrogen-bond donors (Lipinski definition) is 0. The summed E-state index contributed by atoms with van der Waals surface area (Å²) in [5, 5.41) is 2.39. The summed E-state index contributed by atoms with van der Waals surface area (Å²) < 4.78 is 0. The van der Waals surface area contributed by atoms with Gasteiger partial charge in [0.05, 0.1) is 10.8 Å². The van der Waals surface area contributed by atoms with Crippen LogP contribution in [0.25, 0.3) is 11.1 Å². The van der Waals surface area contributed by atoms with Crippen molar-refractivity contribution in [3.63, 3.8) is 0 Å². The lowest BCUT2D eigenvalue weighted by Crippen LogP contribution is -1.86. The van der Waals surface area contributed by atoms with Crippen LogP contribution in [0.5, 0.6) is 0 Å². The Balaban J connectivity index is 1.44. The van der Waals surface area contributed by atoms with E-state index in [0.29, 0.717) is 0 Å². The molecule has 0 bridgehead atoms. The summed E-state index contributed by atoms with van der Waals surface area (Å²) in [4.78, 5) is 3.98. The van der Waals surface area contributed by atoms with Crippen LogP contribution in [0.1, 0.15) is 29.5 Å². The van der Waals surface area contributed by atoms with Gasteiger partial charge in [-0.05, 0) is 90.5 Å². The van der Waals surface area contributed by atoms with E-state index >= 15 is 0 Å². The molecule has 0 spiro atoms. The zero-order valence-corrected chi connectivity index (χ0v) is 15.8. The molecule has 3 aromatic rings. The van der Waals surface area contributed by atoms with Gasteiger partial charge in [0, 0.05) is 11.1 Å². The Labute approximate surface area is 165 Å². The van der Waals surface area contributed by atoms with E-state index < -0.39 is 0 Å². The molecule has 0 N–H and O–H groups in total. The second-order valence-electron chi connectivity index (χ2n) is 6.92. The summed E-state index contributed by atoms with van der Waals surface area (Å²) in [6, 6.07) is 25.0. The van der Waals surface area contributed by atoms with Gasteiger partial charge in [0.2, 0.25) is 0 Å². The van der Waals surface area contributed by atoms with Gasteiger partial charge in [-0.25, -0.2) is 0 Å². The van der Waals surface area contributed by atoms with Crippen LogP contribution < -0.4 is 0 Å². The first-order valence-electron chi connectivity index (χ1n) is 9.19. The number of benzene rings is 3. The summed E-state index contributed by atoms with van der Waals surface area (Å²) >= 11 is 4.63. The van der Waals surface area contributed by atoms with Crippen molar-refractivity contribution < 1.29 is 0 Å². The zero-order valence-electron chi connectivity index (χ0n) is 15.0. The number of hydrogen-bond acceptors (Lipinski definition) is 2. The molecule has 0 heterocycles. The van der Waals surface area contributed by atoms with E-state index in [9.17, 15) is 0 Å². The van der Waals surface area contributed by atoms with Crippen molar-refractivity contribution in [2.75, 3.05) is 0 Å². The zero-order chi connectivity index (χ0) is 18.5. The third-order valence-corrected chi connectivity index (χ3v) is 4.88. The molecule has 0 aromatic heterocycles. The average Bonchev–Trinajstić information content (AvgIpc) is 3.53. The highest BCUT2D eigenvalue weighted by Crippen LogP contribution is 2.32. The van der Waals surface area contributed by atoms with Crippen LogP contribution in [0.2, 0.25) is 0 Å². The van der Waals surface area contributed by atoms with Gasteiger partial charge >= 0.3 is 0 Å². The van der Waals surface area contributed by atoms with Crippen LogP contribution in [0.4, 0.5) is 5.69 Å². The molecule has 0 saturated heterocycles. The van der Waals surface area contributed by atoms with Gasteiger partial charge in [-0.2, -0.15) is 4.99 Å². The number of nitrogens with zero attached hydrogens (tertiary/aromatic N) is 1. The third kappa shape index (κ3) is 4.80. The molecule has 2 heteroatoms. The standard InChI is InChI=1S/C25H19NS/c27-18-26-25-15-13-24(14-16-25)23-11-9-20(10-12-23)2-1-19-3-5-21(6-4-19)17-22-7-8-22/h3-6,9-16,22H,7-8,17H2. The number of thiocarbonyl (C=S) groups is 1. The largest absolute Gasteiger partial charge is 0.195 e. The van der Waals surface area contributed by atoms with E-state index in [2.05, 4.69) is 82.7 Å². The molecule has 1 nitrogen and oxygen atoms in total. The number of aliphatic imine (C=N–C) groups is 1. The van der Waals surface area contributed by atoms with Crippen molar-refractivity contribution in [2.45, 2.75) is 19.3 Å². The Hall–Kier alpha value is -2.98. The fraction of sp³-hybridized carbons (Fsp3) is 0.160. The Bertz CT molecular complexity index is 1020. The van der Waals surface area contributed by atoms with Crippen molar-refractivity contribution >= 4 is 23.1 Å². The van der Waals surface area contributed by atoms with Gasteiger partial charge in [0.1, 0.15) is 0 Å². The fourth-order valence-electron chi connectivity index (χ4n) is 3.05. The van der Waals surface area contributed by atoms with Gasteiger partial charge < -0.3 is 0 Å². The highest BCUT2D eigenvalue weighted by atomic mass is 32.1. The van der Waals surface area contributed by atoms with Crippen molar-refractivity contribution in [2.24, 2.45) is 10.9 Å². The van der Waals surface area contributed by atoms with Crippen molar-refractivity contribution in [3.05, 3.63) is 89.5 Å². The molecule has 130 valence electrons. The second-order valence-corrected chi connectivity index (χ2v) is 7.10. The highest BCUT2D eigenvalue weighted by Gasteiger charge is 2.21. The molecule has 0 aliphatic heterocycles. The van der Waals surface area contributed by atoms with Gasteiger partial charge in [-0.3, -0.25) is 0 Å². The van der Waals surface area contributed by atoms with Crippen molar-refractivity contribution in [1.82, 2.24) is 0 Å². The summed E-state index contributed by atoms with van der Waals surface area (Å²) in [7, 11) is 0. The van der Waals surface area contributed by atoms with E-state index in [1.807, 2.05) is 24.3 Å². The van der Waals surface area contributed by atoms with Gasteiger partial charge in [-0.1, -0.05) is 48.2 Å². The molecular weight excluding hydrogens is 346 g/mol. The minimum Gasteiger partial charge on any atom is -0.195 e. The van der Waals surface area contributed by atoms with Crippen LogP contribution in [-0.2, 0) is 6.42 Å². The monoisotopic (exact) mass is 365 g/mol. The molecule has 4 rings (SSSR count). The minimum absolute atomic E-state index is 0.819. The minimum atomic E-state index is 0.819. The predicted octanol–water partition coefficient (Wildman–Crippen LogP) is 6.44. The molecule has 1 fully saturated rings. The third-order valence-electron chi connectivity index (χ3n) is 4.79.